The van der Waals surface area contributed by atoms with Crippen LogP contribution in [0.3, 0.4) is 0 Å². The van der Waals surface area contributed by atoms with Gasteiger partial charge in [-0.25, -0.2) is 4.98 Å². The number of fused-ring (bicyclic) bond motifs is 1. The Hall–Kier alpha value is -3.13. The van der Waals surface area contributed by atoms with E-state index in [-0.39, 0.29) is 59.0 Å². The van der Waals surface area contributed by atoms with Crippen LogP contribution in [0.1, 0.15) is 19.5 Å². The van der Waals surface area contributed by atoms with Crippen molar-refractivity contribution in [3.63, 3.8) is 0 Å². The van der Waals surface area contributed by atoms with Crippen LogP contribution in [-0.4, -0.2) is 55.8 Å². The van der Waals surface area contributed by atoms with Gasteiger partial charge >= 0.3 is 29.6 Å². The van der Waals surface area contributed by atoms with Crippen LogP contribution in [0.15, 0.2) is 68.6 Å². The van der Waals surface area contributed by atoms with Crippen LogP contribution in [0.25, 0.3) is 20.8 Å². The molecule has 230 valence electrons. The molecule has 0 aliphatic carbocycles. The van der Waals surface area contributed by atoms with Crippen molar-refractivity contribution in [2.45, 2.75) is 36.6 Å². The standard InChI is InChI=1S/C26H24N4O9S3.H3N.Na.H/c1-13-5-10-18-23(24(13)42(36,37)38)40-26(28-18)16-6-8-17(9-7-16)29-30-22(15(3)31)25(32)27-19-11-14(2)21(41(33,34)35)12-20(19)39-4;;;/h5-12,22H,1-4H3,(H,27,32)(H,33,34,35)(H,36,37,38);1H3;;/q;;+1;-1. The van der Waals surface area contributed by atoms with E-state index in [0.717, 1.165) is 24.3 Å². The normalized spacial score (nSPS) is 12.3. The first kappa shape index (κ1) is 37.1. The molecule has 4 rings (SSSR count). The van der Waals surface area contributed by atoms with Crippen molar-refractivity contribution in [3.05, 3.63) is 59.7 Å². The number of benzene rings is 3. The second-order valence-electron chi connectivity index (χ2n) is 9.11. The number of ether oxygens (including phenoxy) is 1. The third kappa shape index (κ3) is 8.12. The van der Waals surface area contributed by atoms with Gasteiger partial charge in [0.1, 0.15) is 20.5 Å². The number of amides is 1. The van der Waals surface area contributed by atoms with Crippen LogP contribution in [0.5, 0.6) is 5.75 Å². The average Bonchev–Trinajstić information content (AvgIpc) is 3.31. The van der Waals surface area contributed by atoms with Crippen LogP contribution in [0, 0.1) is 13.8 Å². The number of aryl methyl sites for hydroxylation is 2. The van der Waals surface area contributed by atoms with Crippen molar-refractivity contribution >= 4 is 64.9 Å². The molecule has 14 nitrogen and oxygen atoms in total. The molecule has 6 N–H and O–H groups in total. The van der Waals surface area contributed by atoms with Crippen LogP contribution in [-0.2, 0) is 29.8 Å². The quantitative estimate of drug-likeness (QED) is 0.0868. The summed E-state index contributed by atoms with van der Waals surface area (Å²) < 4.78 is 71.5. The number of methoxy groups -OCH3 is 1. The number of anilines is 1. The maximum Gasteiger partial charge on any atom is 1.00 e. The van der Waals surface area contributed by atoms with Crippen molar-refractivity contribution < 1.29 is 71.3 Å². The zero-order valence-electron chi connectivity index (χ0n) is 25.2. The van der Waals surface area contributed by atoms with Gasteiger partial charge in [0.2, 0.25) is 6.04 Å². The van der Waals surface area contributed by atoms with Gasteiger partial charge in [-0.1, -0.05) is 6.07 Å². The minimum absolute atomic E-state index is 0. The summed E-state index contributed by atoms with van der Waals surface area (Å²) in [7, 11) is -7.75. The van der Waals surface area contributed by atoms with Crippen LogP contribution >= 0.6 is 11.3 Å². The summed E-state index contributed by atoms with van der Waals surface area (Å²) in [5.74, 6) is -1.53. The number of rotatable bonds is 9. The number of Topliss-reactive ketones (excluding diaryl/α,β-unsaturated/α-hetero) is 1. The number of nitrogens with one attached hydrogen (secondary N) is 1. The number of carbonyl (C=O) groups excluding carboxylic acids is 2. The summed E-state index contributed by atoms with van der Waals surface area (Å²) in [5.41, 5.74) is 1.93. The first-order valence-electron chi connectivity index (χ1n) is 12.0. The molecule has 1 heterocycles. The zero-order chi connectivity index (χ0) is 31.0. The maximum absolute atomic E-state index is 12.9. The van der Waals surface area contributed by atoms with Gasteiger partial charge in [-0.2, -0.15) is 27.1 Å². The number of hydrogen-bond acceptors (Lipinski definition) is 12. The molecule has 0 radical (unpaired) electrons. The summed E-state index contributed by atoms with van der Waals surface area (Å²) in [6, 6.07) is 10.4. The Morgan fingerprint density at radius 3 is 2.18 bits per heavy atom. The van der Waals surface area contributed by atoms with E-state index in [4.69, 9.17) is 4.74 Å². The molecular weight excluding hydrogens is 646 g/mol. The molecule has 0 bridgehead atoms. The van der Waals surface area contributed by atoms with Gasteiger partial charge in [-0.05, 0) is 68.3 Å². The predicted molar refractivity (Wildman–Crippen MR) is 161 cm³/mol. The van der Waals surface area contributed by atoms with Gasteiger partial charge in [-0.15, -0.1) is 11.3 Å². The molecule has 3 aromatic carbocycles. The summed E-state index contributed by atoms with van der Waals surface area (Å²) >= 11 is 1.10. The van der Waals surface area contributed by atoms with E-state index < -0.39 is 42.9 Å². The average molecular weight is 674 g/mol. The minimum atomic E-state index is -4.54. The zero-order valence-corrected chi connectivity index (χ0v) is 28.7. The van der Waals surface area contributed by atoms with Gasteiger partial charge < -0.3 is 17.6 Å². The first-order chi connectivity index (χ1) is 19.6. The van der Waals surface area contributed by atoms with E-state index >= 15 is 0 Å². The van der Waals surface area contributed by atoms with E-state index in [1.165, 1.54) is 20.1 Å². The number of azo groups is 1. The van der Waals surface area contributed by atoms with Crippen molar-refractivity contribution in [2.24, 2.45) is 10.2 Å². The monoisotopic (exact) mass is 673 g/mol. The van der Waals surface area contributed by atoms with Crippen molar-refractivity contribution in [1.82, 2.24) is 11.1 Å². The first-order valence-corrected chi connectivity index (χ1v) is 15.7. The largest absolute Gasteiger partial charge is 1.00 e. The molecular formula is C26H28N5NaO9S3. The molecule has 0 saturated heterocycles. The molecule has 1 atom stereocenters. The van der Waals surface area contributed by atoms with Gasteiger partial charge in [0, 0.05) is 11.6 Å². The Balaban J connectivity index is 0.00000337. The summed E-state index contributed by atoms with van der Waals surface area (Å²) in [4.78, 5) is 29.0. The van der Waals surface area contributed by atoms with Gasteiger partial charge in [0.05, 0.1) is 28.7 Å². The van der Waals surface area contributed by atoms with Crippen LogP contribution < -0.4 is 45.8 Å². The third-order valence-electron chi connectivity index (χ3n) is 6.04. The molecule has 1 amide bonds. The number of ketones is 1. The Kier molecular flexibility index (Phi) is 12.1. The summed E-state index contributed by atoms with van der Waals surface area (Å²) in [6.07, 6.45) is 0. The third-order valence-corrected chi connectivity index (χ3v) is 9.34. The van der Waals surface area contributed by atoms with Crippen molar-refractivity contribution in [1.29, 1.82) is 0 Å². The summed E-state index contributed by atoms with van der Waals surface area (Å²) in [6.45, 7) is 4.14. The van der Waals surface area contributed by atoms with Crippen LogP contribution in [0.2, 0.25) is 0 Å². The predicted octanol–water partition coefficient (Wildman–Crippen LogP) is 2.04. The van der Waals surface area contributed by atoms with Crippen LogP contribution in [0.4, 0.5) is 11.4 Å². The second-order valence-corrected chi connectivity index (χ2v) is 12.9. The van der Waals surface area contributed by atoms with Gasteiger partial charge in [0.25, 0.3) is 26.1 Å². The van der Waals surface area contributed by atoms with Crippen molar-refractivity contribution in [2.75, 3.05) is 12.4 Å². The number of nitrogens with zero attached hydrogens (tertiary/aromatic N) is 3. The minimum Gasteiger partial charge on any atom is -1.00 e. The molecule has 18 heteroatoms. The van der Waals surface area contributed by atoms with E-state index in [9.17, 15) is 35.5 Å². The van der Waals surface area contributed by atoms with E-state index in [1.54, 1.807) is 43.3 Å². The SMILES string of the molecule is COc1cc(S(=O)(=O)O)c(C)cc1NC(=O)C(N=Nc1ccc(-c2nc3ccc(C)c(S(=O)(=O)O)c3s2)cc1)C(C)=O.N.[H-].[Na+]. The fraction of sp³-hybridized carbons (Fsp3) is 0.192. The molecule has 0 fully saturated rings. The fourth-order valence-corrected chi connectivity index (χ4v) is 7.08. The number of thiazole rings is 1. The molecule has 44 heavy (non-hydrogen) atoms. The molecule has 0 saturated carbocycles. The Bertz CT molecular complexity index is 1990. The number of aromatic nitrogens is 1. The summed E-state index contributed by atoms with van der Waals surface area (Å²) in [5, 5.41) is 10.9. The fourth-order valence-electron chi connectivity index (χ4n) is 4.04. The Morgan fingerprint density at radius 1 is 1.00 bits per heavy atom. The Labute approximate surface area is 280 Å². The molecule has 1 aromatic heterocycles. The van der Waals surface area contributed by atoms with Crippen molar-refractivity contribution in [3.8, 4) is 16.3 Å². The molecule has 1 unspecified atom stereocenters. The van der Waals surface area contributed by atoms with Gasteiger partial charge in [0.15, 0.2) is 5.78 Å². The second kappa shape index (κ2) is 14.3. The maximum atomic E-state index is 12.9. The van der Waals surface area contributed by atoms with E-state index in [1.807, 2.05) is 0 Å². The topological polar surface area (TPSA) is 237 Å². The Morgan fingerprint density at radius 2 is 1.64 bits per heavy atom. The molecule has 0 spiro atoms. The van der Waals surface area contributed by atoms with Gasteiger partial charge in [-0.3, -0.25) is 18.7 Å². The molecule has 4 aromatic rings. The molecule has 0 aliphatic rings. The van der Waals surface area contributed by atoms with E-state index in [2.05, 4.69) is 20.5 Å². The molecule has 0 aliphatic heterocycles. The number of hydrogen-bond donors (Lipinski definition) is 4. The van der Waals surface area contributed by atoms with E-state index in [0.29, 0.717) is 32.0 Å². The smallest absolute Gasteiger partial charge is 1.00 e. The number of carbonyl (C=O) groups is 2.